The van der Waals surface area contributed by atoms with E-state index in [1.807, 2.05) is 55.5 Å². The second-order valence-corrected chi connectivity index (χ2v) is 6.48. The van der Waals surface area contributed by atoms with Gasteiger partial charge in [0, 0.05) is 36.8 Å². The van der Waals surface area contributed by atoms with Crippen molar-refractivity contribution in [1.29, 1.82) is 0 Å². The number of carbonyl (C=O) groups is 2. The standard InChI is InChI=1S/C20H23N3O3/c1-14-4-3-5-16(10-14)22-20(25)21-12-15-11-19(24)23(13-15)17-6-8-18(26-2)9-7-17/h3-10,15H,11-13H2,1-2H3,(H2,21,22,25). The third kappa shape index (κ3) is 4.33. The zero-order chi connectivity index (χ0) is 18.5. The minimum absolute atomic E-state index is 0.0704. The summed E-state index contributed by atoms with van der Waals surface area (Å²) >= 11 is 0. The molecule has 1 aliphatic heterocycles. The van der Waals surface area contributed by atoms with Crippen molar-refractivity contribution in [2.75, 3.05) is 30.4 Å². The molecule has 1 fully saturated rings. The fraction of sp³-hybridized carbons (Fsp3) is 0.300. The van der Waals surface area contributed by atoms with Gasteiger partial charge in [0.05, 0.1) is 7.11 Å². The highest BCUT2D eigenvalue weighted by molar-refractivity contribution is 5.96. The van der Waals surface area contributed by atoms with Gasteiger partial charge in [-0.3, -0.25) is 4.79 Å². The number of hydrogen-bond donors (Lipinski definition) is 2. The summed E-state index contributed by atoms with van der Waals surface area (Å²) in [5, 5.41) is 5.67. The zero-order valence-electron chi connectivity index (χ0n) is 15.0. The minimum Gasteiger partial charge on any atom is -0.497 e. The largest absolute Gasteiger partial charge is 0.497 e. The molecule has 6 heteroatoms. The number of benzene rings is 2. The predicted molar refractivity (Wildman–Crippen MR) is 102 cm³/mol. The number of amides is 3. The van der Waals surface area contributed by atoms with E-state index in [9.17, 15) is 9.59 Å². The van der Waals surface area contributed by atoms with Crippen molar-refractivity contribution in [3.8, 4) is 5.75 Å². The topological polar surface area (TPSA) is 70.7 Å². The Morgan fingerprint density at radius 3 is 2.69 bits per heavy atom. The molecule has 136 valence electrons. The summed E-state index contributed by atoms with van der Waals surface area (Å²) in [7, 11) is 1.61. The lowest BCUT2D eigenvalue weighted by Gasteiger charge is -2.17. The smallest absolute Gasteiger partial charge is 0.319 e. The van der Waals surface area contributed by atoms with Crippen LogP contribution in [0.5, 0.6) is 5.75 Å². The van der Waals surface area contributed by atoms with Crippen LogP contribution in [0.3, 0.4) is 0 Å². The van der Waals surface area contributed by atoms with E-state index in [0.717, 1.165) is 22.7 Å². The fourth-order valence-corrected chi connectivity index (χ4v) is 3.07. The molecule has 2 aromatic carbocycles. The first kappa shape index (κ1) is 17.8. The number of nitrogens with one attached hydrogen (secondary N) is 2. The van der Waals surface area contributed by atoms with Crippen molar-refractivity contribution < 1.29 is 14.3 Å². The molecule has 0 spiro atoms. The molecule has 1 unspecified atom stereocenters. The number of urea groups is 1. The summed E-state index contributed by atoms with van der Waals surface area (Å²) in [5.74, 6) is 0.917. The molecule has 3 rings (SSSR count). The highest BCUT2D eigenvalue weighted by atomic mass is 16.5. The Bertz CT molecular complexity index is 789. The lowest BCUT2D eigenvalue weighted by atomic mass is 10.1. The van der Waals surface area contributed by atoms with Gasteiger partial charge in [0.15, 0.2) is 0 Å². The summed E-state index contributed by atoms with van der Waals surface area (Å²) in [6.45, 7) is 3.02. The highest BCUT2D eigenvalue weighted by Gasteiger charge is 2.30. The van der Waals surface area contributed by atoms with Gasteiger partial charge >= 0.3 is 6.03 Å². The van der Waals surface area contributed by atoms with Crippen LogP contribution in [0.1, 0.15) is 12.0 Å². The van der Waals surface area contributed by atoms with Crippen molar-refractivity contribution in [3.63, 3.8) is 0 Å². The molecule has 1 aliphatic rings. The van der Waals surface area contributed by atoms with Gasteiger partial charge in [0.2, 0.25) is 5.91 Å². The minimum atomic E-state index is -0.258. The molecule has 1 atom stereocenters. The van der Waals surface area contributed by atoms with Crippen LogP contribution in [-0.2, 0) is 4.79 Å². The van der Waals surface area contributed by atoms with Gasteiger partial charge in [-0.2, -0.15) is 0 Å². The first-order valence-electron chi connectivity index (χ1n) is 8.61. The number of methoxy groups -OCH3 is 1. The Morgan fingerprint density at radius 2 is 2.00 bits per heavy atom. The van der Waals surface area contributed by atoms with Crippen LogP contribution in [0.4, 0.5) is 16.2 Å². The van der Waals surface area contributed by atoms with Crippen molar-refractivity contribution in [2.45, 2.75) is 13.3 Å². The Hall–Kier alpha value is -3.02. The number of hydrogen-bond acceptors (Lipinski definition) is 3. The summed E-state index contributed by atoms with van der Waals surface area (Å²) < 4.78 is 5.14. The maximum atomic E-state index is 12.3. The molecule has 1 heterocycles. The number of nitrogens with zero attached hydrogens (tertiary/aromatic N) is 1. The molecule has 0 radical (unpaired) electrons. The van der Waals surface area contributed by atoms with E-state index in [1.54, 1.807) is 12.0 Å². The summed E-state index contributed by atoms with van der Waals surface area (Å²) in [4.78, 5) is 26.1. The van der Waals surface area contributed by atoms with Crippen LogP contribution >= 0.6 is 0 Å². The van der Waals surface area contributed by atoms with Crippen LogP contribution in [0, 0.1) is 12.8 Å². The second kappa shape index (κ2) is 7.91. The molecule has 0 aromatic heterocycles. The molecule has 26 heavy (non-hydrogen) atoms. The number of carbonyl (C=O) groups excluding carboxylic acids is 2. The molecule has 2 aromatic rings. The quantitative estimate of drug-likeness (QED) is 0.867. The summed E-state index contributed by atoms with van der Waals surface area (Å²) in [6.07, 6.45) is 0.427. The zero-order valence-corrected chi connectivity index (χ0v) is 15.0. The van der Waals surface area contributed by atoms with E-state index in [0.29, 0.717) is 19.5 Å². The van der Waals surface area contributed by atoms with E-state index in [4.69, 9.17) is 4.74 Å². The third-order valence-corrected chi connectivity index (χ3v) is 4.42. The van der Waals surface area contributed by atoms with E-state index in [1.165, 1.54) is 0 Å². The number of aryl methyl sites for hydroxylation is 1. The highest BCUT2D eigenvalue weighted by Crippen LogP contribution is 2.26. The second-order valence-electron chi connectivity index (χ2n) is 6.48. The van der Waals surface area contributed by atoms with Crippen LogP contribution in [0.25, 0.3) is 0 Å². The lowest BCUT2D eigenvalue weighted by molar-refractivity contribution is -0.117. The van der Waals surface area contributed by atoms with Crippen molar-refractivity contribution >= 4 is 23.3 Å². The normalized spacial score (nSPS) is 16.5. The van der Waals surface area contributed by atoms with Crippen LogP contribution < -0.4 is 20.3 Å². The van der Waals surface area contributed by atoms with Gasteiger partial charge in [0.1, 0.15) is 5.75 Å². The summed E-state index contributed by atoms with van der Waals surface area (Å²) in [6, 6.07) is 14.8. The van der Waals surface area contributed by atoms with E-state index in [-0.39, 0.29) is 17.9 Å². The van der Waals surface area contributed by atoms with Crippen molar-refractivity contribution in [2.24, 2.45) is 5.92 Å². The average molecular weight is 353 g/mol. The van der Waals surface area contributed by atoms with E-state index < -0.39 is 0 Å². The van der Waals surface area contributed by atoms with Crippen LogP contribution in [0.15, 0.2) is 48.5 Å². The first-order valence-corrected chi connectivity index (χ1v) is 8.61. The number of rotatable bonds is 5. The Morgan fingerprint density at radius 1 is 1.23 bits per heavy atom. The molecule has 1 saturated heterocycles. The molecule has 2 N–H and O–H groups in total. The lowest BCUT2D eigenvalue weighted by Crippen LogP contribution is -2.34. The third-order valence-electron chi connectivity index (χ3n) is 4.42. The Labute approximate surface area is 153 Å². The predicted octanol–water partition coefficient (Wildman–Crippen LogP) is 3.18. The van der Waals surface area contributed by atoms with Crippen molar-refractivity contribution in [3.05, 3.63) is 54.1 Å². The monoisotopic (exact) mass is 353 g/mol. The molecule has 6 nitrogen and oxygen atoms in total. The molecular formula is C20H23N3O3. The van der Waals surface area contributed by atoms with Gasteiger partial charge in [-0.1, -0.05) is 12.1 Å². The summed E-state index contributed by atoms with van der Waals surface area (Å²) in [5.41, 5.74) is 2.69. The van der Waals surface area contributed by atoms with Gasteiger partial charge in [0.25, 0.3) is 0 Å². The maximum absolute atomic E-state index is 12.3. The van der Waals surface area contributed by atoms with E-state index >= 15 is 0 Å². The van der Waals surface area contributed by atoms with Crippen molar-refractivity contribution in [1.82, 2.24) is 5.32 Å². The fourth-order valence-electron chi connectivity index (χ4n) is 3.07. The number of anilines is 2. The van der Waals surface area contributed by atoms with Crippen LogP contribution in [0.2, 0.25) is 0 Å². The van der Waals surface area contributed by atoms with E-state index in [2.05, 4.69) is 10.6 Å². The molecule has 0 saturated carbocycles. The van der Waals surface area contributed by atoms with Gasteiger partial charge in [-0.05, 0) is 48.9 Å². The molecule has 0 aliphatic carbocycles. The SMILES string of the molecule is COc1ccc(N2CC(CNC(=O)Nc3cccc(C)c3)CC2=O)cc1. The van der Waals surface area contributed by atoms with Gasteiger partial charge < -0.3 is 20.3 Å². The first-order chi connectivity index (χ1) is 12.5. The molecular weight excluding hydrogens is 330 g/mol. The van der Waals surface area contributed by atoms with Gasteiger partial charge in [-0.15, -0.1) is 0 Å². The number of ether oxygens (including phenoxy) is 1. The Balaban J connectivity index is 1.51. The van der Waals surface area contributed by atoms with Gasteiger partial charge in [-0.25, -0.2) is 4.79 Å². The van der Waals surface area contributed by atoms with Crippen LogP contribution in [-0.4, -0.2) is 32.1 Å². The molecule has 0 bridgehead atoms. The molecule has 3 amide bonds. The Kier molecular flexibility index (Phi) is 5.41. The average Bonchev–Trinajstić information content (AvgIpc) is 3.01. The maximum Gasteiger partial charge on any atom is 0.319 e.